The Bertz CT molecular complexity index is 399. The van der Waals surface area contributed by atoms with Gasteiger partial charge >= 0.3 is 0 Å². The number of hydrogen-bond acceptors (Lipinski definition) is 3. The van der Waals surface area contributed by atoms with Gasteiger partial charge < -0.3 is 9.64 Å². The van der Waals surface area contributed by atoms with E-state index in [2.05, 4.69) is 23.1 Å². The van der Waals surface area contributed by atoms with Crippen LogP contribution in [0.4, 0.5) is 0 Å². The molecule has 1 aromatic rings. The maximum absolute atomic E-state index is 8.59. The zero-order valence-corrected chi connectivity index (χ0v) is 10.9. The molecule has 1 heterocycles. The first-order valence-corrected chi connectivity index (χ1v) is 6.56. The summed E-state index contributed by atoms with van der Waals surface area (Å²) in [4.78, 5) is 2.39. The molecule has 3 nitrogen and oxygen atoms in total. The largest absolute Gasteiger partial charge is 0.497 e. The van der Waals surface area contributed by atoms with E-state index >= 15 is 0 Å². The maximum atomic E-state index is 8.59. The quantitative estimate of drug-likeness (QED) is 0.817. The van der Waals surface area contributed by atoms with Gasteiger partial charge in [-0.05, 0) is 49.5 Å². The van der Waals surface area contributed by atoms with Crippen molar-refractivity contribution in [3.63, 3.8) is 0 Å². The van der Waals surface area contributed by atoms with Gasteiger partial charge in [-0.1, -0.05) is 12.1 Å². The minimum Gasteiger partial charge on any atom is -0.497 e. The van der Waals surface area contributed by atoms with Crippen LogP contribution in [0.3, 0.4) is 0 Å². The Morgan fingerprint density at radius 3 is 2.50 bits per heavy atom. The third kappa shape index (κ3) is 3.24. The first kappa shape index (κ1) is 12.9. The normalized spacial score (nSPS) is 17.3. The van der Waals surface area contributed by atoms with Crippen molar-refractivity contribution in [1.29, 1.82) is 5.26 Å². The molecule has 1 aliphatic rings. The maximum Gasteiger partial charge on any atom is 0.118 e. The van der Waals surface area contributed by atoms with Crippen LogP contribution < -0.4 is 4.74 Å². The summed E-state index contributed by atoms with van der Waals surface area (Å²) in [5.74, 6) is 1.58. The van der Waals surface area contributed by atoms with Crippen molar-refractivity contribution >= 4 is 0 Å². The van der Waals surface area contributed by atoms with Crippen molar-refractivity contribution in [3.8, 4) is 11.8 Å². The molecule has 0 saturated carbocycles. The van der Waals surface area contributed by atoms with Gasteiger partial charge in [0, 0.05) is 13.0 Å². The third-order valence-electron chi connectivity index (χ3n) is 3.71. The van der Waals surface area contributed by atoms with Gasteiger partial charge in [-0.3, -0.25) is 0 Å². The fraction of sp³-hybridized carbons (Fsp3) is 0.533. The van der Waals surface area contributed by atoms with Crippen LogP contribution in [0.5, 0.6) is 5.75 Å². The summed E-state index contributed by atoms with van der Waals surface area (Å²) in [6, 6.07) is 10.6. The molecule has 0 amide bonds. The van der Waals surface area contributed by atoms with Gasteiger partial charge in [0.25, 0.3) is 0 Å². The average Bonchev–Trinajstić information content (AvgIpc) is 2.46. The molecule has 0 aliphatic carbocycles. The minimum atomic E-state index is 0.646. The Kier molecular flexibility index (Phi) is 4.60. The lowest BCUT2D eigenvalue weighted by molar-refractivity contribution is 0.216. The van der Waals surface area contributed by atoms with Gasteiger partial charge in [-0.25, -0.2) is 0 Å². The van der Waals surface area contributed by atoms with E-state index in [1.807, 2.05) is 12.1 Å². The van der Waals surface area contributed by atoms with Crippen LogP contribution in [0.2, 0.25) is 0 Å². The van der Waals surface area contributed by atoms with Crippen molar-refractivity contribution in [3.05, 3.63) is 29.8 Å². The van der Waals surface area contributed by atoms with E-state index in [4.69, 9.17) is 10.00 Å². The van der Waals surface area contributed by atoms with Crippen LogP contribution in [0.15, 0.2) is 24.3 Å². The van der Waals surface area contributed by atoms with Gasteiger partial charge in [-0.2, -0.15) is 5.26 Å². The summed E-state index contributed by atoms with van der Waals surface area (Å²) in [5.41, 5.74) is 1.41. The highest BCUT2D eigenvalue weighted by Gasteiger charge is 2.20. The second-order valence-corrected chi connectivity index (χ2v) is 4.80. The smallest absolute Gasteiger partial charge is 0.118 e. The molecule has 18 heavy (non-hydrogen) atoms. The molecule has 0 N–H and O–H groups in total. The number of hydrogen-bond donors (Lipinski definition) is 0. The van der Waals surface area contributed by atoms with E-state index in [1.165, 1.54) is 18.4 Å². The van der Waals surface area contributed by atoms with E-state index < -0.39 is 0 Å². The topological polar surface area (TPSA) is 36.3 Å². The number of nitriles is 1. The molecular formula is C15H20N2O. The van der Waals surface area contributed by atoms with Crippen LogP contribution in [-0.4, -0.2) is 31.6 Å². The molecule has 0 bridgehead atoms. The lowest BCUT2D eigenvalue weighted by Gasteiger charge is -2.31. The Labute approximate surface area is 109 Å². The van der Waals surface area contributed by atoms with Gasteiger partial charge in [0.1, 0.15) is 5.75 Å². The standard InChI is InChI=1S/C15H20N2O/c1-18-15-5-3-13(4-6-15)14-7-11-17(12-8-14)10-2-9-16/h3-6,14H,2,7-8,10-12H2,1H3. The molecule has 0 radical (unpaired) electrons. The Morgan fingerprint density at radius 2 is 1.94 bits per heavy atom. The summed E-state index contributed by atoms with van der Waals surface area (Å²) >= 11 is 0. The number of rotatable bonds is 4. The van der Waals surface area contributed by atoms with E-state index in [0.29, 0.717) is 12.3 Å². The fourth-order valence-electron chi connectivity index (χ4n) is 2.57. The summed E-state index contributed by atoms with van der Waals surface area (Å²) in [7, 11) is 1.70. The highest BCUT2D eigenvalue weighted by atomic mass is 16.5. The lowest BCUT2D eigenvalue weighted by atomic mass is 9.89. The van der Waals surface area contributed by atoms with Crippen LogP contribution in [-0.2, 0) is 0 Å². The van der Waals surface area contributed by atoms with Crippen molar-refractivity contribution in [1.82, 2.24) is 4.90 Å². The highest BCUT2D eigenvalue weighted by molar-refractivity contribution is 5.29. The first-order chi connectivity index (χ1) is 8.83. The van der Waals surface area contributed by atoms with Gasteiger partial charge in [0.15, 0.2) is 0 Å². The number of nitrogens with zero attached hydrogens (tertiary/aromatic N) is 2. The van der Waals surface area contributed by atoms with Crippen LogP contribution >= 0.6 is 0 Å². The predicted molar refractivity (Wildman–Crippen MR) is 71.6 cm³/mol. The molecule has 0 unspecified atom stereocenters. The summed E-state index contributed by atoms with van der Waals surface area (Å²) in [6.07, 6.45) is 3.03. The summed E-state index contributed by atoms with van der Waals surface area (Å²) < 4.78 is 5.18. The van der Waals surface area contributed by atoms with E-state index in [-0.39, 0.29) is 0 Å². The van der Waals surface area contributed by atoms with Crippen molar-refractivity contribution < 1.29 is 4.74 Å². The zero-order valence-electron chi connectivity index (χ0n) is 10.9. The average molecular weight is 244 g/mol. The second-order valence-electron chi connectivity index (χ2n) is 4.80. The fourth-order valence-corrected chi connectivity index (χ4v) is 2.57. The molecular weight excluding hydrogens is 224 g/mol. The third-order valence-corrected chi connectivity index (χ3v) is 3.71. The molecule has 1 saturated heterocycles. The molecule has 1 aliphatic heterocycles. The SMILES string of the molecule is COc1ccc(C2CCN(CCC#N)CC2)cc1. The molecule has 0 spiro atoms. The van der Waals surface area contributed by atoms with Crippen molar-refractivity contribution in [2.45, 2.75) is 25.2 Å². The summed E-state index contributed by atoms with van der Waals surface area (Å²) in [5, 5.41) is 8.59. The van der Waals surface area contributed by atoms with E-state index in [9.17, 15) is 0 Å². The van der Waals surface area contributed by atoms with Gasteiger partial charge in [0.2, 0.25) is 0 Å². The number of methoxy groups -OCH3 is 1. The van der Waals surface area contributed by atoms with Crippen molar-refractivity contribution in [2.24, 2.45) is 0 Å². The summed E-state index contributed by atoms with van der Waals surface area (Å²) in [6.45, 7) is 3.14. The zero-order chi connectivity index (χ0) is 12.8. The molecule has 1 aromatic carbocycles. The Morgan fingerprint density at radius 1 is 1.28 bits per heavy atom. The highest BCUT2D eigenvalue weighted by Crippen LogP contribution is 2.29. The Balaban J connectivity index is 1.87. The first-order valence-electron chi connectivity index (χ1n) is 6.56. The van der Waals surface area contributed by atoms with E-state index in [0.717, 1.165) is 25.4 Å². The van der Waals surface area contributed by atoms with Crippen LogP contribution in [0, 0.1) is 11.3 Å². The second kappa shape index (κ2) is 6.42. The number of benzene rings is 1. The number of piperidine rings is 1. The monoisotopic (exact) mass is 244 g/mol. The van der Waals surface area contributed by atoms with Gasteiger partial charge in [-0.15, -0.1) is 0 Å². The van der Waals surface area contributed by atoms with Crippen molar-refractivity contribution in [2.75, 3.05) is 26.7 Å². The molecule has 3 heteroatoms. The molecule has 1 fully saturated rings. The predicted octanol–water partition coefficient (Wildman–Crippen LogP) is 2.79. The molecule has 96 valence electrons. The molecule has 0 aromatic heterocycles. The molecule has 2 rings (SSSR count). The van der Waals surface area contributed by atoms with Crippen LogP contribution in [0.1, 0.15) is 30.7 Å². The van der Waals surface area contributed by atoms with E-state index in [1.54, 1.807) is 7.11 Å². The van der Waals surface area contributed by atoms with Crippen LogP contribution in [0.25, 0.3) is 0 Å². The lowest BCUT2D eigenvalue weighted by Crippen LogP contribution is -2.33. The molecule has 0 atom stereocenters. The Hall–Kier alpha value is -1.53. The number of likely N-dealkylation sites (tertiary alicyclic amines) is 1. The minimum absolute atomic E-state index is 0.646. The number of ether oxygens (including phenoxy) is 1. The van der Waals surface area contributed by atoms with Gasteiger partial charge in [0.05, 0.1) is 13.2 Å².